The van der Waals surface area contributed by atoms with Gasteiger partial charge in [-0.1, -0.05) is 12.1 Å². The highest BCUT2D eigenvalue weighted by Gasteiger charge is 2.32. The molecule has 2 saturated heterocycles. The average Bonchev–Trinajstić information content (AvgIpc) is 2.87. The first-order chi connectivity index (χ1) is 8.85. The monoisotopic (exact) mass is 277 g/mol. The minimum absolute atomic E-state index is 0. The second-order valence-electron chi connectivity index (χ2n) is 5.44. The maximum absolute atomic E-state index is 8.79. The first-order valence-electron chi connectivity index (χ1n) is 6.80. The van der Waals surface area contributed by atoms with Gasteiger partial charge in [-0.05, 0) is 49.5 Å². The van der Waals surface area contributed by atoms with E-state index in [4.69, 9.17) is 5.26 Å². The number of nitrogens with one attached hydrogen (secondary N) is 1. The molecule has 0 saturated carbocycles. The number of likely N-dealkylation sites (tertiary alicyclic amines) is 1. The summed E-state index contributed by atoms with van der Waals surface area (Å²) in [4.78, 5) is 2.55. The summed E-state index contributed by atoms with van der Waals surface area (Å²) in [7, 11) is 0. The molecular weight excluding hydrogens is 258 g/mol. The van der Waals surface area contributed by atoms with Crippen LogP contribution in [0.15, 0.2) is 24.3 Å². The Morgan fingerprint density at radius 1 is 1.26 bits per heavy atom. The van der Waals surface area contributed by atoms with E-state index in [1.165, 1.54) is 38.0 Å². The number of halogens is 1. The number of nitrogens with zero attached hydrogens (tertiary/aromatic N) is 2. The Balaban J connectivity index is 0.00000133. The Kier molecular flexibility index (Phi) is 4.81. The van der Waals surface area contributed by atoms with Crippen LogP contribution in [-0.4, -0.2) is 30.6 Å². The smallest absolute Gasteiger partial charge is 0.0991 e. The fraction of sp³-hybridized carbons (Fsp3) is 0.533. The highest BCUT2D eigenvalue weighted by atomic mass is 35.5. The topological polar surface area (TPSA) is 39.1 Å². The van der Waals surface area contributed by atoms with E-state index in [-0.39, 0.29) is 12.4 Å². The second kappa shape index (κ2) is 6.38. The predicted octanol–water partition coefficient (Wildman–Crippen LogP) is 2.16. The van der Waals surface area contributed by atoms with Crippen molar-refractivity contribution in [3.05, 3.63) is 35.4 Å². The van der Waals surface area contributed by atoms with E-state index in [9.17, 15) is 0 Å². The number of rotatable bonds is 2. The highest BCUT2D eigenvalue weighted by molar-refractivity contribution is 5.85. The lowest BCUT2D eigenvalue weighted by Gasteiger charge is -2.34. The van der Waals surface area contributed by atoms with Gasteiger partial charge in [-0.2, -0.15) is 5.26 Å². The van der Waals surface area contributed by atoms with Crippen LogP contribution in [0, 0.1) is 17.2 Å². The Hall–Kier alpha value is -1.08. The fourth-order valence-electron chi connectivity index (χ4n) is 3.21. The lowest BCUT2D eigenvalue weighted by atomic mass is 9.93. The molecule has 19 heavy (non-hydrogen) atoms. The Morgan fingerprint density at radius 3 is 2.79 bits per heavy atom. The van der Waals surface area contributed by atoms with Crippen LogP contribution in [0.25, 0.3) is 0 Å². The van der Waals surface area contributed by atoms with E-state index in [0.717, 1.165) is 24.1 Å². The molecule has 2 aliphatic heterocycles. The van der Waals surface area contributed by atoms with Crippen LogP contribution < -0.4 is 5.32 Å². The van der Waals surface area contributed by atoms with Gasteiger partial charge in [-0.15, -0.1) is 12.4 Å². The number of hydrogen-bond donors (Lipinski definition) is 1. The van der Waals surface area contributed by atoms with Crippen molar-refractivity contribution in [1.29, 1.82) is 5.26 Å². The number of hydrogen-bond acceptors (Lipinski definition) is 3. The van der Waals surface area contributed by atoms with Gasteiger partial charge >= 0.3 is 0 Å². The van der Waals surface area contributed by atoms with Crippen LogP contribution in [0.5, 0.6) is 0 Å². The van der Waals surface area contributed by atoms with Crippen LogP contribution in [-0.2, 0) is 6.54 Å². The minimum Gasteiger partial charge on any atom is -0.314 e. The Bertz CT molecular complexity index is 451. The molecule has 0 aliphatic carbocycles. The summed E-state index contributed by atoms with van der Waals surface area (Å²) in [5.74, 6) is 0.845. The van der Waals surface area contributed by atoms with E-state index in [1.807, 2.05) is 12.1 Å². The molecule has 102 valence electrons. The first-order valence-corrected chi connectivity index (χ1v) is 6.80. The summed E-state index contributed by atoms with van der Waals surface area (Å²) in [5, 5.41) is 12.4. The molecule has 2 aliphatic rings. The quantitative estimate of drug-likeness (QED) is 0.900. The van der Waals surface area contributed by atoms with Gasteiger partial charge < -0.3 is 5.32 Å². The molecule has 1 N–H and O–H groups in total. The van der Waals surface area contributed by atoms with Crippen molar-refractivity contribution in [2.24, 2.45) is 5.92 Å². The number of fused-ring (bicyclic) bond motifs is 1. The van der Waals surface area contributed by atoms with E-state index in [0.29, 0.717) is 0 Å². The normalized spacial score (nSPS) is 26.3. The molecule has 3 nitrogen and oxygen atoms in total. The van der Waals surface area contributed by atoms with Gasteiger partial charge in [0.25, 0.3) is 0 Å². The van der Waals surface area contributed by atoms with E-state index < -0.39 is 0 Å². The second-order valence-corrected chi connectivity index (χ2v) is 5.44. The van der Waals surface area contributed by atoms with Crippen LogP contribution in [0.4, 0.5) is 0 Å². The maximum atomic E-state index is 8.79. The molecule has 2 heterocycles. The molecule has 0 radical (unpaired) electrons. The van der Waals surface area contributed by atoms with Crippen molar-refractivity contribution in [2.45, 2.75) is 25.4 Å². The zero-order chi connectivity index (χ0) is 12.4. The van der Waals surface area contributed by atoms with Gasteiger partial charge in [-0.25, -0.2) is 0 Å². The highest BCUT2D eigenvalue weighted by Crippen LogP contribution is 2.25. The lowest BCUT2D eigenvalue weighted by Crippen LogP contribution is -2.43. The van der Waals surface area contributed by atoms with Crippen molar-refractivity contribution in [3.63, 3.8) is 0 Å². The lowest BCUT2D eigenvalue weighted by molar-refractivity contribution is 0.156. The van der Waals surface area contributed by atoms with Crippen molar-refractivity contribution < 1.29 is 0 Å². The van der Waals surface area contributed by atoms with Gasteiger partial charge in [-0.3, -0.25) is 4.90 Å². The van der Waals surface area contributed by atoms with Crippen LogP contribution in [0.1, 0.15) is 24.0 Å². The molecular formula is C15H20ClN3. The van der Waals surface area contributed by atoms with Gasteiger partial charge in [0.15, 0.2) is 0 Å². The predicted molar refractivity (Wildman–Crippen MR) is 78.2 cm³/mol. The minimum atomic E-state index is 0. The SMILES string of the molecule is Cl.N#Cc1ccc(CN2CCC3NCCC3C2)cc1. The molecule has 0 spiro atoms. The number of benzene rings is 1. The molecule has 0 bridgehead atoms. The summed E-state index contributed by atoms with van der Waals surface area (Å²) in [6.45, 7) is 4.63. The summed E-state index contributed by atoms with van der Waals surface area (Å²) in [6.07, 6.45) is 2.61. The van der Waals surface area contributed by atoms with Crippen molar-refractivity contribution in [1.82, 2.24) is 10.2 Å². The van der Waals surface area contributed by atoms with E-state index in [2.05, 4.69) is 28.4 Å². The zero-order valence-electron chi connectivity index (χ0n) is 11.0. The van der Waals surface area contributed by atoms with Crippen molar-refractivity contribution >= 4 is 12.4 Å². The molecule has 1 aromatic carbocycles. The van der Waals surface area contributed by atoms with Gasteiger partial charge in [0.05, 0.1) is 11.6 Å². The molecule has 1 aromatic rings. The number of nitriles is 1. The Morgan fingerprint density at radius 2 is 2.05 bits per heavy atom. The summed E-state index contributed by atoms with van der Waals surface area (Å²) in [5.41, 5.74) is 2.07. The third-order valence-corrected chi connectivity index (χ3v) is 4.23. The van der Waals surface area contributed by atoms with E-state index in [1.54, 1.807) is 0 Å². The molecule has 2 unspecified atom stereocenters. The standard InChI is InChI=1S/C15H19N3.ClH/c16-9-12-1-3-13(4-2-12)10-18-8-6-15-14(11-18)5-7-17-15;/h1-4,14-15,17H,5-8,10-11H2;1H. The Labute approximate surface area is 121 Å². The van der Waals surface area contributed by atoms with Crippen molar-refractivity contribution in [3.8, 4) is 6.07 Å². The third-order valence-electron chi connectivity index (χ3n) is 4.23. The maximum Gasteiger partial charge on any atom is 0.0991 e. The molecule has 2 atom stereocenters. The molecule has 4 heteroatoms. The average molecular weight is 278 g/mol. The van der Waals surface area contributed by atoms with E-state index >= 15 is 0 Å². The van der Waals surface area contributed by atoms with Gasteiger partial charge in [0, 0.05) is 19.1 Å². The molecule has 0 amide bonds. The summed E-state index contributed by atoms with van der Waals surface area (Å²) < 4.78 is 0. The summed E-state index contributed by atoms with van der Waals surface area (Å²) >= 11 is 0. The van der Waals surface area contributed by atoms with Crippen molar-refractivity contribution in [2.75, 3.05) is 19.6 Å². The van der Waals surface area contributed by atoms with Crippen LogP contribution in [0.3, 0.4) is 0 Å². The van der Waals surface area contributed by atoms with Crippen LogP contribution >= 0.6 is 12.4 Å². The van der Waals surface area contributed by atoms with Gasteiger partial charge in [0.1, 0.15) is 0 Å². The summed E-state index contributed by atoms with van der Waals surface area (Å²) in [6, 6.07) is 10.9. The number of piperidine rings is 1. The molecule has 0 aromatic heterocycles. The zero-order valence-corrected chi connectivity index (χ0v) is 11.8. The first kappa shape index (κ1) is 14.3. The fourth-order valence-corrected chi connectivity index (χ4v) is 3.21. The largest absolute Gasteiger partial charge is 0.314 e. The molecule has 3 rings (SSSR count). The van der Waals surface area contributed by atoms with Gasteiger partial charge in [0.2, 0.25) is 0 Å². The van der Waals surface area contributed by atoms with Crippen LogP contribution in [0.2, 0.25) is 0 Å². The molecule has 2 fully saturated rings. The third kappa shape index (κ3) is 3.27.